The molecule has 1 heterocycles. The Kier molecular flexibility index (Phi) is 6.34. The summed E-state index contributed by atoms with van der Waals surface area (Å²) in [6.45, 7) is 3.64. The van der Waals surface area contributed by atoms with E-state index in [4.69, 9.17) is 10.00 Å². The number of benzene rings is 1. The molecule has 0 aliphatic carbocycles. The van der Waals surface area contributed by atoms with Crippen LogP contribution in [0.3, 0.4) is 0 Å². The predicted octanol–water partition coefficient (Wildman–Crippen LogP) is 0.590. The third-order valence-corrected chi connectivity index (χ3v) is 5.98. The third-order valence-electron chi connectivity index (χ3n) is 4.03. The van der Waals surface area contributed by atoms with E-state index >= 15 is 0 Å². The molecule has 1 aliphatic rings. The first-order chi connectivity index (χ1) is 12.3. The minimum Gasteiger partial charge on any atom is -0.455 e. The highest BCUT2D eigenvalue weighted by molar-refractivity contribution is 7.89. The Balaban J connectivity index is 1.98. The van der Waals surface area contributed by atoms with Gasteiger partial charge in [-0.1, -0.05) is 26.0 Å². The van der Waals surface area contributed by atoms with Gasteiger partial charge in [-0.15, -0.1) is 0 Å². The van der Waals surface area contributed by atoms with Gasteiger partial charge in [-0.25, -0.2) is 8.42 Å². The molecule has 0 aromatic heterocycles. The average Bonchev–Trinajstić information content (AvgIpc) is 2.65. The van der Waals surface area contributed by atoms with Gasteiger partial charge in [0.2, 0.25) is 10.0 Å². The maximum atomic E-state index is 12.7. The molecule has 1 aromatic carbocycles. The van der Waals surface area contributed by atoms with Crippen LogP contribution in [0.5, 0.6) is 0 Å². The maximum Gasteiger partial charge on any atom is 0.308 e. The molecule has 0 atom stereocenters. The second kappa shape index (κ2) is 8.29. The van der Waals surface area contributed by atoms with E-state index in [9.17, 15) is 18.0 Å². The SMILES string of the molecule is CC(C)C(=O)OCC(=O)N1CCN(S(=O)(=O)c2ccccc2C#N)CC1. The molecule has 9 heteroatoms. The number of carbonyl (C=O) groups excluding carboxylic acids is 2. The van der Waals surface area contributed by atoms with Crippen molar-refractivity contribution in [2.24, 2.45) is 5.92 Å². The van der Waals surface area contributed by atoms with Crippen molar-refractivity contribution < 1.29 is 22.7 Å². The summed E-state index contributed by atoms with van der Waals surface area (Å²) in [5.74, 6) is -1.12. The molecule has 1 saturated heterocycles. The molecule has 0 unspecified atom stereocenters. The van der Waals surface area contributed by atoms with Gasteiger partial charge in [0.1, 0.15) is 6.07 Å². The van der Waals surface area contributed by atoms with Crippen molar-refractivity contribution in [1.29, 1.82) is 5.26 Å². The molecule has 0 spiro atoms. The third kappa shape index (κ3) is 4.39. The number of rotatable bonds is 5. The average molecular weight is 379 g/mol. The molecule has 2 rings (SSSR count). The van der Waals surface area contributed by atoms with Gasteiger partial charge in [0.25, 0.3) is 5.91 Å². The van der Waals surface area contributed by atoms with Gasteiger partial charge in [0.15, 0.2) is 6.61 Å². The molecular formula is C17H21N3O5S. The zero-order valence-corrected chi connectivity index (χ0v) is 15.5. The largest absolute Gasteiger partial charge is 0.455 e. The number of sulfonamides is 1. The minimum absolute atomic E-state index is 0.0341. The first kappa shape index (κ1) is 19.9. The molecular weight excluding hydrogens is 358 g/mol. The van der Waals surface area contributed by atoms with Crippen LogP contribution in [0.15, 0.2) is 29.2 Å². The molecule has 0 bridgehead atoms. The zero-order chi connectivity index (χ0) is 19.3. The Morgan fingerprint density at radius 1 is 1.19 bits per heavy atom. The quantitative estimate of drug-likeness (QED) is 0.693. The highest BCUT2D eigenvalue weighted by Gasteiger charge is 2.31. The Morgan fingerprint density at radius 2 is 1.81 bits per heavy atom. The molecule has 26 heavy (non-hydrogen) atoms. The van der Waals surface area contributed by atoms with Crippen LogP contribution >= 0.6 is 0 Å². The number of nitrogens with zero attached hydrogens (tertiary/aromatic N) is 3. The second-order valence-corrected chi connectivity index (χ2v) is 8.06. The van der Waals surface area contributed by atoms with Gasteiger partial charge in [0, 0.05) is 26.2 Å². The van der Waals surface area contributed by atoms with Crippen LogP contribution in [-0.2, 0) is 24.3 Å². The number of amides is 1. The first-order valence-electron chi connectivity index (χ1n) is 8.21. The second-order valence-electron chi connectivity index (χ2n) is 6.16. The molecule has 140 valence electrons. The lowest BCUT2D eigenvalue weighted by atomic mass is 10.2. The van der Waals surface area contributed by atoms with E-state index in [0.29, 0.717) is 0 Å². The van der Waals surface area contributed by atoms with Gasteiger partial charge in [-0.3, -0.25) is 9.59 Å². The van der Waals surface area contributed by atoms with E-state index in [2.05, 4.69) is 0 Å². The van der Waals surface area contributed by atoms with Crippen LogP contribution in [0.25, 0.3) is 0 Å². The number of hydrogen-bond acceptors (Lipinski definition) is 6. The van der Waals surface area contributed by atoms with Gasteiger partial charge in [0.05, 0.1) is 16.4 Å². The summed E-state index contributed by atoms with van der Waals surface area (Å²) in [5, 5.41) is 9.11. The Bertz CT molecular complexity index is 821. The number of carbonyl (C=O) groups is 2. The lowest BCUT2D eigenvalue weighted by molar-refractivity contribution is -0.155. The molecule has 0 N–H and O–H groups in total. The molecule has 1 aromatic rings. The van der Waals surface area contributed by atoms with E-state index in [1.807, 2.05) is 6.07 Å². The number of nitriles is 1. The van der Waals surface area contributed by atoms with Crippen molar-refractivity contribution in [2.75, 3.05) is 32.8 Å². The van der Waals surface area contributed by atoms with Crippen molar-refractivity contribution in [3.8, 4) is 6.07 Å². The van der Waals surface area contributed by atoms with E-state index in [1.165, 1.54) is 21.3 Å². The number of hydrogen-bond donors (Lipinski definition) is 0. The predicted molar refractivity (Wildman–Crippen MR) is 92.3 cm³/mol. The molecule has 1 aliphatic heterocycles. The molecule has 1 amide bonds. The van der Waals surface area contributed by atoms with Crippen LogP contribution in [0.4, 0.5) is 0 Å². The fourth-order valence-corrected chi connectivity index (χ4v) is 4.06. The van der Waals surface area contributed by atoms with E-state index in [-0.39, 0.29) is 55.1 Å². The smallest absolute Gasteiger partial charge is 0.308 e. The summed E-state index contributed by atoms with van der Waals surface area (Å²) in [6, 6.07) is 7.91. The van der Waals surface area contributed by atoms with Gasteiger partial charge in [-0.05, 0) is 12.1 Å². The summed E-state index contributed by atoms with van der Waals surface area (Å²) in [7, 11) is -3.80. The summed E-state index contributed by atoms with van der Waals surface area (Å²) in [4.78, 5) is 24.9. The normalized spacial score (nSPS) is 15.5. The lowest BCUT2D eigenvalue weighted by Gasteiger charge is -2.34. The van der Waals surface area contributed by atoms with Crippen molar-refractivity contribution in [3.05, 3.63) is 29.8 Å². The standard InChI is InChI=1S/C17H21N3O5S/c1-13(2)17(22)25-12-16(21)19-7-9-20(10-8-19)26(23,24)15-6-4-3-5-14(15)11-18/h3-6,13H,7-10,12H2,1-2H3. The molecule has 8 nitrogen and oxygen atoms in total. The van der Waals surface area contributed by atoms with Crippen molar-refractivity contribution in [2.45, 2.75) is 18.7 Å². The lowest BCUT2D eigenvalue weighted by Crippen LogP contribution is -2.51. The van der Waals surface area contributed by atoms with Crippen LogP contribution in [0, 0.1) is 17.2 Å². The van der Waals surface area contributed by atoms with E-state index in [1.54, 1.807) is 26.0 Å². The Labute approximate surface area is 153 Å². The van der Waals surface area contributed by atoms with Crippen LogP contribution in [-0.4, -0.2) is 62.3 Å². The zero-order valence-electron chi connectivity index (χ0n) is 14.7. The number of ether oxygens (including phenoxy) is 1. The molecule has 1 fully saturated rings. The van der Waals surface area contributed by atoms with Crippen LogP contribution in [0.2, 0.25) is 0 Å². The highest BCUT2D eigenvalue weighted by atomic mass is 32.2. The highest BCUT2D eigenvalue weighted by Crippen LogP contribution is 2.21. The fraction of sp³-hybridized carbons (Fsp3) is 0.471. The van der Waals surface area contributed by atoms with Gasteiger partial charge < -0.3 is 9.64 Å². The summed E-state index contributed by atoms with van der Waals surface area (Å²) in [6.07, 6.45) is 0. The van der Waals surface area contributed by atoms with Crippen LogP contribution < -0.4 is 0 Å². The first-order valence-corrected chi connectivity index (χ1v) is 9.65. The van der Waals surface area contributed by atoms with Gasteiger partial charge in [-0.2, -0.15) is 9.57 Å². The Morgan fingerprint density at radius 3 is 2.38 bits per heavy atom. The summed E-state index contributed by atoms with van der Waals surface area (Å²) < 4.78 is 31.6. The Hall–Kier alpha value is -2.44. The van der Waals surface area contributed by atoms with Crippen molar-refractivity contribution in [3.63, 3.8) is 0 Å². The van der Waals surface area contributed by atoms with Crippen molar-refractivity contribution >= 4 is 21.9 Å². The van der Waals surface area contributed by atoms with Crippen LogP contribution in [0.1, 0.15) is 19.4 Å². The maximum absolute atomic E-state index is 12.7. The molecule has 0 saturated carbocycles. The van der Waals surface area contributed by atoms with E-state index < -0.39 is 16.0 Å². The van der Waals surface area contributed by atoms with E-state index in [0.717, 1.165) is 0 Å². The molecule has 0 radical (unpaired) electrons. The summed E-state index contributed by atoms with van der Waals surface area (Å²) in [5.41, 5.74) is 0.0894. The summed E-state index contributed by atoms with van der Waals surface area (Å²) >= 11 is 0. The topological polar surface area (TPSA) is 108 Å². The van der Waals surface area contributed by atoms with Crippen molar-refractivity contribution in [1.82, 2.24) is 9.21 Å². The fourth-order valence-electron chi connectivity index (χ4n) is 2.49. The number of esters is 1. The number of piperazine rings is 1. The van der Waals surface area contributed by atoms with Gasteiger partial charge >= 0.3 is 5.97 Å². The minimum atomic E-state index is -3.80. The monoisotopic (exact) mass is 379 g/mol.